The Hall–Kier alpha value is -0.830. The molecule has 0 spiro atoms. The maximum atomic E-state index is 11.0. The van der Waals surface area contributed by atoms with Gasteiger partial charge in [0, 0.05) is 19.4 Å². The van der Waals surface area contributed by atoms with Crippen molar-refractivity contribution in [3.05, 3.63) is 18.2 Å². The van der Waals surface area contributed by atoms with Gasteiger partial charge in [0.05, 0.1) is 0 Å². The van der Waals surface area contributed by atoms with Crippen molar-refractivity contribution < 1.29 is 5.11 Å². The van der Waals surface area contributed by atoms with Crippen molar-refractivity contribution in [1.82, 2.24) is 9.55 Å². The largest absolute Gasteiger partial charge is 0.382 e. The van der Waals surface area contributed by atoms with Gasteiger partial charge in [0.25, 0.3) is 0 Å². The molecule has 1 N–H and O–H groups in total. The summed E-state index contributed by atoms with van der Waals surface area (Å²) in [6.07, 6.45) is 7.99. The summed E-state index contributed by atoms with van der Waals surface area (Å²) in [5.41, 5.74) is -0.718. The first-order valence-electron chi connectivity index (χ1n) is 6.26. The molecule has 0 amide bonds. The van der Waals surface area contributed by atoms with Crippen LogP contribution in [0.5, 0.6) is 0 Å². The molecule has 1 aliphatic rings. The number of rotatable bonds is 2. The van der Waals surface area contributed by atoms with E-state index in [1.807, 2.05) is 17.8 Å². The lowest BCUT2D eigenvalue weighted by Crippen LogP contribution is -2.42. The molecular weight excluding hydrogens is 200 g/mol. The smallest absolute Gasteiger partial charge is 0.140 e. The normalized spacial score (nSPS) is 30.9. The molecule has 0 aliphatic heterocycles. The van der Waals surface area contributed by atoms with Gasteiger partial charge in [-0.25, -0.2) is 4.98 Å². The maximum absolute atomic E-state index is 11.0. The number of aryl methyl sites for hydroxylation is 1. The maximum Gasteiger partial charge on any atom is 0.140 e. The van der Waals surface area contributed by atoms with Crippen molar-refractivity contribution in [2.24, 2.45) is 18.9 Å². The summed E-state index contributed by atoms with van der Waals surface area (Å²) in [4.78, 5) is 4.36. The number of imidazole rings is 1. The third kappa shape index (κ3) is 1.77. The molecule has 2 unspecified atom stereocenters. The molecule has 1 aromatic rings. The first kappa shape index (κ1) is 11.6. The van der Waals surface area contributed by atoms with Gasteiger partial charge in [-0.05, 0) is 24.7 Å². The summed E-state index contributed by atoms with van der Waals surface area (Å²) >= 11 is 0. The minimum Gasteiger partial charge on any atom is -0.382 e. The molecule has 0 saturated heterocycles. The molecule has 3 nitrogen and oxygen atoms in total. The summed E-state index contributed by atoms with van der Waals surface area (Å²) in [5.74, 6) is 1.68. The molecule has 1 aliphatic carbocycles. The van der Waals surface area contributed by atoms with Gasteiger partial charge in [-0.15, -0.1) is 0 Å². The van der Waals surface area contributed by atoms with Crippen LogP contribution >= 0.6 is 0 Å². The standard InChI is InChI=1S/C13H22N2O/c1-10(2)11-6-4-5-7-13(11,16)12-14-8-9-15(12)3/h8-11,16H,4-7H2,1-3H3. The zero-order chi connectivity index (χ0) is 11.8. The summed E-state index contributed by atoms with van der Waals surface area (Å²) in [7, 11) is 1.96. The van der Waals surface area contributed by atoms with Gasteiger partial charge in [0.2, 0.25) is 0 Å². The first-order chi connectivity index (χ1) is 7.55. The Morgan fingerprint density at radius 1 is 1.50 bits per heavy atom. The van der Waals surface area contributed by atoms with Gasteiger partial charge in [-0.1, -0.05) is 26.7 Å². The van der Waals surface area contributed by atoms with E-state index in [1.54, 1.807) is 6.20 Å². The Kier molecular flexibility index (Phi) is 3.06. The van der Waals surface area contributed by atoms with Crippen LogP contribution in [0.4, 0.5) is 0 Å². The quantitative estimate of drug-likeness (QED) is 0.834. The fourth-order valence-corrected chi connectivity index (χ4v) is 3.13. The predicted octanol–water partition coefficient (Wildman–Crippen LogP) is 2.45. The van der Waals surface area contributed by atoms with Crippen LogP contribution in [0.1, 0.15) is 45.4 Å². The number of hydrogen-bond acceptors (Lipinski definition) is 2. The van der Waals surface area contributed by atoms with Crippen LogP contribution in [0, 0.1) is 11.8 Å². The van der Waals surface area contributed by atoms with E-state index in [0.29, 0.717) is 11.8 Å². The van der Waals surface area contributed by atoms with E-state index >= 15 is 0 Å². The number of aromatic nitrogens is 2. The van der Waals surface area contributed by atoms with Gasteiger partial charge in [-0.3, -0.25) is 0 Å². The molecular formula is C13H22N2O. The minimum absolute atomic E-state index is 0.336. The molecule has 1 heterocycles. The fourth-order valence-electron chi connectivity index (χ4n) is 3.13. The number of hydrogen-bond donors (Lipinski definition) is 1. The van der Waals surface area contributed by atoms with Gasteiger partial charge in [0.15, 0.2) is 0 Å². The molecule has 3 heteroatoms. The molecule has 0 aromatic carbocycles. The van der Waals surface area contributed by atoms with Crippen LogP contribution in [0.25, 0.3) is 0 Å². The highest BCUT2D eigenvalue weighted by Gasteiger charge is 2.44. The summed E-state index contributed by atoms with van der Waals surface area (Å²) in [6, 6.07) is 0. The summed E-state index contributed by atoms with van der Waals surface area (Å²) < 4.78 is 1.96. The van der Waals surface area contributed by atoms with E-state index in [9.17, 15) is 5.11 Å². The topological polar surface area (TPSA) is 38.1 Å². The van der Waals surface area contributed by atoms with Crippen molar-refractivity contribution in [1.29, 1.82) is 0 Å². The Bertz CT molecular complexity index is 359. The van der Waals surface area contributed by atoms with E-state index in [4.69, 9.17) is 0 Å². The lowest BCUT2D eigenvalue weighted by Gasteiger charge is -2.41. The van der Waals surface area contributed by atoms with E-state index in [0.717, 1.165) is 25.1 Å². The van der Waals surface area contributed by atoms with Crippen LogP contribution in [-0.2, 0) is 12.6 Å². The molecule has 2 rings (SSSR count). The summed E-state index contributed by atoms with van der Waals surface area (Å²) in [5, 5.41) is 11.0. The molecule has 2 atom stereocenters. The molecule has 16 heavy (non-hydrogen) atoms. The van der Waals surface area contributed by atoms with Gasteiger partial charge in [0.1, 0.15) is 11.4 Å². The first-order valence-corrected chi connectivity index (χ1v) is 6.26. The van der Waals surface area contributed by atoms with Gasteiger partial charge >= 0.3 is 0 Å². The van der Waals surface area contributed by atoms with Crippen LogP contribution in [0.15, 0.2) is 12.4 Å². The number of nitrogens with zero attached hydrogens (tertiary/aromatic N) is 2. The lowest BCUT2D eigenvalue weighted by atomic mass is 9.69. The average Bonchev–Trinajstić information content (AvgIpc) is 2.65. The molecule has 90 valence electrons. The Balaban J connectivity index is 2.37. The SMILES string of the molecule is CC(C)C1CCCCC1(O)c1nccn1C. The molecule has 0 radical (unpaired) electrons. The Morgan fingerprint density at radius 2 is 2.25 bits per heavy atom. The Labute approximate surface area is 97.5 Å². The molecule has 0 bridgehead atoms. The lowest BCUT2D eigenvalue weighted by molar-refractivity contribution is -0.0807. The van der Waals surface area contributed by atoms with Crippen LogP contribution in [-0.4, -0.2) is 14.7 Å². The predicted molar refractivity (Wildman–Crippen MR) is 63.9 cm³/mol. The van der Waals surface area contributed by atoms with Crippen LogP contribution in [0.2, 0.25) is 0 Å². The second-order valence-electron chi connectivity index (χ2n) is 5.38. The van der Waals surface area contributed by atoms with Crippen molar-refractivity contribution in [2.75, 3.05) is 0 Å². The second kappa shape index (κ2) is 4.21. The van der Waals surface area contributed by atoms with Crippen molar-refractivity contribution >= 4 is 0 Å². The van der Waals surface area contributed by atoms with Crippen molar-refractivity contribution in [3.8, 4) is 0 Å². The highest BCUT2D eigenvalue weighted by atomic mass is 16.3. The average molecular weight is 222 g/mol. The van der Waals surface area contributed by atoms with Crippen molar-refractivity contribution in [3.63, 3.8) is 0 Å². The van der Waals surface area contributed by atoms with Crippen LogP contribution in [0.3, 0.4) is 0 Å². The van der Waals surface area contributed by atoms with E-state index in [-0.39, 0.29) is 0 Å². The van der Waals surface area contributed by atoms with Crippen molar-refractivity contribution in [2.45, 2.75) is 45.1 Å². The zero-order valence-electron chi connectivity index (χ0n) is 10.5. The highest BCUT2D eigenvalue weighted by Crippen LogP contribution is 2.44. The third-order valence-corrected chi connectivity index (χ3v) is 3.95. The number of aliphatic hydroxyl groups is 1. The second-order valence-corrected chi connectivity index (χ2v) is 5.38. The fraction of sp³-hybridized carbons (Fsp3) is 0.769. The zero-order valence-corrected chi connectivity index (χ0v) is 10.5. The van der Waals surface area contributed by atoms with E-state index in [2.05, 4.69) is 18.8 Å². The molecule has 1 saturated carbocycles. The Morgan fingerprint density at radius 3 is 2.81 bits per heavy atom. The van der Waals surface area contributed by atoms with Gasteiger partial charge in [-0.2, -0.15) is 0 Å². The monoisotopic (exact) mass is 222 g/mol. The van der Waals surface area contributed by atoms with E-state index in [1.165, 1.54) is 6.42 Å². The van der Waals surface area contributed by atoms with Crippen LogP contribution < -0.4 is 0 Å². The highest BCUT2D eigenvalue weighted by molar-refractivity contribution is 5.09. The minimum atomic E-state index is -0.718. The van der Waals surface area contributed by atoms with E-state index < -0.39 is 5.60 Å². The third-order valence-electron chi connectivity index (χ3n) is 3.95. The molecule has 1 fully saturated rings. The van der Waals surface area contributed by atoms with Gasteiger partial charge < -0.3 is 9.67 Å². The summed E-state index contributed by atoms with van der Waals surface area (Å²) in [6.45, 7) is 4.40. The molecule has 1 aromatic heterocycles.